The number of morpholine rings is 1. The molecule has 2 saturated heterocycles. The molecule has 1 amide bonds. The van der Waals surface area contributed by atoms with Crippen molar-refractivity contribution in [3.05, 3.63) is 47.3 Å². The Morgan fingerprint density at radius 1 is 1.14 bits per heavy atom. The van der Waals surface area contributed by atoms with Crippen LogP contribution >= 0.6 is 11.8 Å². The maximum atomic E-state index is 13.0. The molecule has 2 aromatic heterocycles. The van der Waals surface area contributed by atoms with Crippen molar-refractivity contribution in [2.24, 2.45) is 5.92 Å². The van der Waals surface area contributed by atoms with E-state index in [0.29, 0.717) is 34.5 Å². The monoisotopic (exact) mass is 496 g/mol. The van der Waals surface area contributed by atoms with Gasteiger partial charge in [-0.05, 0) is 43.9 Å². The van der Waals surface area contributed by atoms with Gasteiger partial charge in [0, 0.05) is 32.7 Å². The van der Waals surface area contributed by atoms with E-state index >= 15 is 0 Å². The summed E-state index contributed by atoms with van der Waals surface area (Å²) in [6.07, 6.45) is 4.99. The highest BCUT2D eigenvalue weighted by Gasteiger charge is 2.24. The minimum Gasteiger partial charge on any atom is -0.379 e. The quantitative estimate of drug-likeness (QED) is 0.349. The lowest BCUT2D eigenvalue weighted by atomic mass is 9.93. The number of hydrogen-bond acceptors (Lipinski definition) is 7. The summed E-state index contributed by atoms with van der Waals surface area (Å²) in [4.78, 5) is 30.4. The van der Waals surface area contributed by atoms with Crippen molar-refractivity contribution < 1.29 is 9.53 Å². The molecule has 0 N–H and O–H groups in total. The van der Waals surface area contributed by atoms with Gasteiger partial charge in [0.1, 0.15) is 0 Å². The smallest absolute Gasteiger partial charge is 0.263 e. The molecule has 2 aliphatic heterocycles. The Morgan fingerprint density at radius 2 is 1.91 bits per heavy atom. The molecule has 9 nitrogen and oxygen atoms in total. The second-order valence-corrected chi connectivity index (χ2v) is 10.1. The lowest BCUT2D eigenvalue weighted by Gasteiger charge is -2.34. The van der Waals surface area contributed by atoms with E-state index in [4.69, 9.17) is 4.74 Å². The lowest BCUT2D eigenvalue weighted by Crippen LogP contribution is -2.41. The zero-order valence-electron chi connectivity index (χ0n) is 20.0. The molecule has 4 heterocycles. The van der Waals surface area contributed by atoms with E-state index in [-0.39, 0.29) is 11.5 Å². The molecule has 10 heteroatoms. The molecule has 0 radical (unpaired) electrons. The summed E-state index contributed by atoms with van der Waals surface area (Å²) in [6.45, 7) is 10.6. The summed E-state index contributed by atoms with van der Waals surface area (Å²) in [5.41, 5.74) is 0.623. The van der Waals surface area contributed by atoms with E-state index in [0.717, 1.165) is 64.3 Å². The first-order valence-electron chi connectivity index (χ1n) is 12.3. The number of carbonyl (C=O) groups excluding carboxylic acids is 1. The first-order chi connectivity index (χ1) is 17.2. The van der Waals surface area contributed by atoms with Gasteiger partial charge in [-0.2, -0.15) is 0 Å². The average Bonchev–Trinajstić information content (AvgIpc) is 3.33. The van der Waals surface area contributed by atoms with Gasteiger partial charge in [0.05, 0.1) is 29.9 Å². The van der Waals surface area contributed by atoms with E-state index in [1.807, 2.05) is 27.5 Å². The maximum absolute atomic E-state index is 13.0. The lowest BCUT2D eigenvalue weighted by molar-refractivity contribution is -0.129. The van der Waals surface area contributed by atoms with Crippen LogP contribution in [0.3, 0.4) is 0 Å². The SMILES string of the molecule is C=CCn1c(=O)c2ccccc2n2c(SCC(=O)N3CCC(CCN4CCOCC4)CC3)nnc12. The molecule has 0 aliphatic carbocycles. The van der Waals surface area contributed by atoms with Crippen LogP contribution in [0.25, 0.3) is 16.7 Å². The minimum absolute atomic E-state index is 0.121. The number of ether oxygens (including phenoxy) is 1. The standard InChI is InChI=1S/C25H32N6O3S/c1-2-10-30-23(33)20-5-3-4-6-21(20)31-24(30)26-27-25(31)35-18-22(32)29-12-8-19(9-13-29)7-11-28-14-16-34-17-15-28/h2-6,19H,1,7-18H2. The predicted octanol–water partition coefficient (Wildman–Crippen LogP) is 2.28. The molecule has 0 saturated carbocycles. The number of amides is 1. The number of likely N-dealkylation sites (tertiary alicyclic amines) is 1. The molecule has 0 unspecified atom stereocenters. The van der Waals surface area contributed by atoms with E-state index < -0.39 is 0 Å². The Morgan fingerprint density at radius 3 is 2.69 bits per heavy atom. The van der Waals surface area contributed by atoms with Crippen LogP contribution in [-0.4, -0.2) is 86.6 Å². The fourth-order valence-electron chi connectivity index (χ4n) is 5.00. The number of para-hydroxylation sites is 1. The average molecular weight is 497 g/mol. The molecule has 2 aliphatic rings. The van der Waals surface area contributed by atoms with Gasteiger partial charge in [-0.15, -0.1) is 16.8 Å². The Balaban J connectivity index is 1.22. The molecule has 1 aromatic carbocycles. The Labute approximate surface area is 208 Å². The van der Waals surface area contributed by atoms with Crippen LogP contribution in [0.15, 0.2) is 46.9 Å². The number of piperidine rings is 1. The van der Waals surface area contributed by atoms with Gasteiger partial charge in [-0.3, -0.25) is 23.5 Å². The van der Waals surface area contributed by atoms with Gasteiger partial charge >= 0.3 is 0 Å². The molecular weight excluding hydrogens is 464 g/mol. The van der Waals surface area contributed by atoms with Gasteiger partial charge in [0.25, 0.3) is 5.56 Å². The number of nitrogens with zero attached hydrogens (tertiary/aromatic N) is 6. The third kappa shape index (κ3) is 5.14. The van der Waals surface area contributed by atoms with Crippen LogP contribution < -0.4 is 5.56 Å². The van der Waals surface area contributed by atoms with E-state index in [1.54, 1.807) is 16.7 Å². The number of carbonyl (C=O) groups is 1. The number of fused-ring (bicyclic) bond motifs is 3. The summed E-state index contributed by atoms with van der Waals surface area (Å²) in [6, 6.07) is 7.43. The highest BCUT2D eigenvalue weighted by atomic mass is 32.2. The molecule has 3 aromatic rings. The van der Waals surface area contributed by atoms with Crippen LogP contribution in [0.1, 0.15) is 19.3 Å². The molecule has 0 bridgehead atoms. The van der Waals surface area contributed by atoms with Crippen molar-refractivity contribution >= 4 is 34.3 Å². The molecule has 5 rings (SSSR count). The molecular formula is C25H32N6O3S. The maximum Gasteiger partial charge on any atom is 0.263 e. The number of hydrogen-bond donors (Lipinski definition) is 0. The summed E-state index contributed by atoms with van der Waals surface area (Å²) in [5.74, 6) is 1.57. The zero-order chi connectivity index (χ0) is 24.2. The van der Waals surface area contributed by atoms with Gasteiger partial charge < -0.3 is 9.64 Å². The summed E-state index contributed by atoms with van der Waals surface area (Å²) in [7, 11) is 0. The van der Waals surface area contributed by atoms with E-state index in [1.165, 1.54) is 18.2 Å². The zero-order valence-corrected chi connectivity index (χ0v) is 20.8. The van der Waals surface area contributed by atoms with Crippen molar-refractivity contribution in [2.75, 3.05) is 51.7 Å². The molecule has 0 atom stereocenters. The normalized spacial score (nSPS) is 17.9. The highest BCUT2D eigenvalue weighted by molar-refractivity contribution is 7.99. The predicted molar refractivity (Wildman–Crippen MR) is 137 cm³/mol. The first-order valence-corrected chi connectivity index (χ1v) is 13.3. The third-order valence-corrected chi connectivity index (χ3v) is 7.95. The van der Waals surface area contributed by atoms with Crippen molar-refractivity contribution in [1.82, 2.24) is 29.0 Å². The highest BCUT2D eigenvalue weighted by Crippen LogP contribution is 2.25. The Kier molecular flexibility index (Phi) is 7.50. The Hall–Kier alpha value is -2.69. The molecule has 0 spiro atoms. The van der Waals surface area contributed by atoms with Gasteiger partial charge in [-0.1, -0.05) is 30.0 Å². The number of benzene rings is 1. The fraction of sp³-hybridized carbons (Fsp3) is 0.520. The minimum atomic E-state index is -0.121. The number of thioether (sulfide) groups is 1. The molecule has 35 heavy (non-hydrogen) atoms. The summed E-state index contributed by atoms with van der Waals surface area (Å²) >= 11 is 1.37. The first kappa shape index (κ1) is 24.0. The summed E-state index contributed by atoms with van der Waals surface area (Å²) < 4.78 is 8.87. The number of aromatic nitrogens is 4. The van der Waals surface area contributed by atoms with Crippen molar-refractivity contribution in [1.29, 1.82) is 0 Å². The fourth-order valence-corrected chi connectivity index (χ4v) is 5.84. The van der Waals surface area contributed by atoms with E-state index in [9.17, 15) is 9.59 Å². The van der Waals surface area contributed by atoms with E-state index in [2.05, 4.69) is 21.7 Å². The number of allylic oxidation sites excluding steroid dienone is 1. The topological polar surface area (TPSA) is 85.0 Å². The third-order valence-electron chi connectivity index (χ3n) is 7.04. The largest absolute Gasteiger partial charge is 0.379 e. The second kappa shape index (κ2) is 10.9. The van der Waals surface area contributed by atoms with Crippen molar-refractivity contribution in [2.45, 2.75) is 31.0 Å². The number of rotatable bonds is 8. The van der Waals surface area contributed by atoms with Gasteiger partial charge in [0.2, 0.25) is 11.7 Å². The van der Waals surface area contributed by atoms with Crippen LogP contribution in [0.5, 0.6) is 0 Å². The van der Waals surface area contributed by atoms with Crippen molar-refractivity contribution in [3.63, 3.8) is 0 Å². The van der Waals surface area contributed by atoms with Crippen LogP contribution in [-0.2, 0) is 16.1 Å². The second-order valence-electron chi connectivity index (χ2n) is 9.20. The van der Waals surface area contributed by atoms with Gasteiger partial charge in [0.15, 0.2) is 5.16 Å². The van der Waals surface area contributed by atoms with Crippen molar-refractivity contribution in [3.8, 4) is 0 Å². The van der Waals surface area contributed by atoms with Crippen LogP contribution in [0.2, 0.25) is 0 Å². The van der Waals surface area contributed by atoms with Crippen LogP contribution in [0, 0.1) is 5.92 Å². The summed E-state index contributed by atoms with van der Waals surface area (Å²) in [5, 5.41) is 9.81. The van der Waals surface area contributed by atoms with Gasteiger partial charge in [-0.25, -0.2) is 0 Å². The van der Waals surface area contributed by atoms with Crippen LogP contribution in [0.4, 0.5) is 0 Å². The molecule has 186 valence electrons. The molecule has 2 fully saturated rings. The Bertz CT molecular complexity index is 1260.